The Kier molecular flexibility index (Phi) is 4.02. The van der Waals surface area contributed by atoms with Crippen molar-refractivity contribution in [3.8, 4) is 5.75 Å². The van der Waals surface area contributed by atoms with Crippen molar-refractivity contribution in [3.63, 3.8) is 0 Å². The zero-order valence-electron chi connectivity index (χ0n) is 11.9. The highest BCUT2D eigenvalue weighted by Gasteiger charge is 2.11. The standard InChI is InChI=1S/C16H21N3O/c1-13-11-18-19(12-13)8-7-17-6-4-14-2-3-16-15(10-14)5-9-20-16/h2-3,10-12,17H,4-9H2,1H3. The van der Waals surface area contributed by atoms with Crippen molar-refractivity contribution in [1.82, 2.24) is 15.1 Å². The fourth-order valence-corrected chi connectivity index (χ4v) is 2.54. The van der Waals surface area contributed by atoms with Gasteiger partial charge in [-0.25, -0.2) is 0 Å². The quantitative estimate of drug-likeness (QED) is 0.816. The molecule has 0 bridgehead atoms. The topological polar surface area (TPSA) is 39.1 Å². The van der Waals surface area contributed by atoms with Crippen LogP contribution < -0.4 is 10.1 Å². The first kappa shape index (κ1) is 13.2. The SMILES string of the molecule is Cc1cnn(CCNCCc2ccc3c(c2)CCO3)c1. The zero-order chi connectivity index (χ0) is 13.8. The molecule has 0 radical (unpaired) electrons. The summed E-state index contributed by atoms with van der Waals surface area (Å²) >= 11 is 0. The Morgan fingerprint density at radius 2 is 2.30 bits per heavy atom. The average molecular weight is 271 g/mol. The summed E-state index contributed by atoms with van der Waals surface area (Å²) in [5, 5.41) is 7.74. The van der Waals surface area contributed by atoms with Crippen LogP contribution in [0.3, 0.4) is 0 Å². The van der Waals surface area contributed by atoms with E-state index in [9.17, 15) is 0 Å². The Balaban J connectivity index is 1.39. The van der Waals surface area contributed by atoms with Crippen LogP contribution in [0.4, 0.5) is 0 Å². The van der Waals surface area contributed by atoms with Crippen LogP contribution in [0.1, 0.15) is 16.7 Å². The van der Waals surface area contributed by atoms with Gasteiger partial charge in [0.15, 0.2) is 0 Å². The molecule has 0 spiro atoms. The van der Waals surface area contributed by atoms with Crippen molar-refractivity contribution in [2.75, 3.05) is 19.7 Å². The van der Waals surface area contributed by atoms with Crippen molar-refractivity contribution in [2.45, 2.75) is 26.3 Å². The van der Waals surface area contributed by atoms with E-state index >= 15 is 0 Å². The van der Waals surface area contributed by atoms with Crippen molar-refractivity contribution < 1.29 is 4.74 Å². The number of hydrogen-bond donors (Lipinski definition) is 1. The summed E-state index contributed by atoms with van der Waals surface area (Å²) in [5.74, 6) is 1.07. The highest BCUT2D eigenvalue weighted by atomic mass is 16.5. The first-order valence-corrected chi connectivity index (χ1v) is 7.26. The Morgan fingerprint density at radius 1 is 1.35 bits per heavy atom. The van der Waals surface area contributed by atoms with Crippen LogP contribution in [0.5, 0.6) is 5.75 Å². The Labute approximate surface area is 119 Å². The number of benzene rings is 1. The van der Waals surface area contributed by atoms with Crippen LogP contribution in [-0.4, -0.2) is 29.5 Å². The van der Waals surface area contributed by atoms with Gasteiger partial charge in [0.05, 0.1) is 19.3 Å². The Morgan fingerprint density at radius 3 is 3.15 bits per heavy atom. The van der Waals surface area contributed by atoms with E-state index in [4.69, 9.17) is 4.74 Å². The van der Waals surface area contributed by atoms with E-state index in [-0.39, 0.29) is 0 Å². The van der Waals surface area contributed by atoms with Gasteiger partial charge in [0.25, 0.3) is 0 Å². The third-order valence-electron chi connectivity index (χ3n) is 3.62. The smallest absolute Gasteiger partial charge is 0.122 e. The molecule has 0 amide bonds. The minimum Gasteiger partial charge on any atom is -0.493 e. The molecule has 1 aromatic heterocycles. The van der Waals surface area contributed by atoms with Crippen molar-refractivity contribution in [3.05, 3.63) is 47.3 Å². The van der Waals surface area contributed by atoms with Crippen LogP contribution in [0.2, 0.25) is 0 Å². The van der Waals surface area contributed by atoms with Gasteiger partial charge >= 0.3 is 0 Å². The molecule has 0 fully saturated rings. The number of ether oxygens (including phenoxy) is 1. The molecule has 20 heavy (non-hydrogen) atoms. The summed E-state index contributed by atoms with van der Waals surface area (Å²) in [6.07, 6.45) is 6.08. The highest BCUT2D eigenvalue weighted by Crippen LogP contribution is 2.25. The third-order valence-corrected chi connectivity index (χ3v) is 3.62. The molecule has 0 atom stereocenters. The highest BCUT2D eigenvalue weighted by molar-refractivity contribution is 5.39. The predicted octanol–water partition coefficient (Wildman–Crippen LogP) is 1.96. The fourth-order valence-electron chi connectivity index (χ4n) is 2.54. The number of nitrogens with zero attached hydrogens (tertiary/aromatic N) is 2. The molecule has 0 aliphatic carbocycles. The molecule has 0 saturated heterocycles. The molecule has 106 valence electrons. The molecule has 4 heteroatoms. The Hall–Kier alpha value is -1.81. The third kappa shape index (κ3) is 3.20. The largest absolute Gasteiger partial charge is 0.493 e. The molecular formula is C16H21N3O. The second-order valence-electron chi connectivity index (χ2n) is 5.32. The molecule has 2 aromatic rings. The van der Waals surface area contributed by atoms with Gasteiger partial charge in [0.2, 0.25) is 0 Å². The molecule has 1 aliphatic heterocycles. The fraction of sp³-hybridized carbons (Fsp3) is 0.438. The van der Waals surface area contributed by atoms with Crippen LogP contribution in [0.25, 0.3) is 0 Å². The number of hydrogen-bond acceptors (Lipinski definition) is 3. The molecule has 0 saturated carbocycles. The summed E-state index contributed by atoms with van der Waals surface area (Å²) < 4.78 is 7.50. The van der Waals surface area contributed by atoms with E-state index in [0.29, 0.717) is 0 Å². The van der Waals surface area contributed by atoms with E-state index in [1.807, 2.05) is 10.9 Å². The predicted molar refractivity (Wildman–Crippen MR) is 79.2 cm³/mol. The van der Waals surface area contributed by atoms with Gasteiger partial charge in [-0.3, -0.25) is 4.68 Å². The summed E-state index contributed by atoms with van der Waals surface area (Å²) in [7, 11) is 0. The number of aryl methyl sites for hydroxylation is 1. The lowest BCUT2D eigenvalue weighted by Crippen LogP contribution is -2.22. The second kappa shape index (κ2) is 6.09. The van der Waals surface area contributed by atoms with Gasteiger partial charge in [-0.2, -0.15) is 5.10 Å². The maximum atomic E-state index is 5.52. The molecule has 4 nitrogen and oxygen atoms in total. The normalized spacial score (nSPS) is 13.2. The van der Waals surface area contributed by atoms with E-state index in [1.54, 1.807) is 0 Å². The Bertz CT molecular complexity index is 577. The van der Waals surface area contributed by atoms with Gasteiger partial charge in [-0.15, -0.1) is 0 Å². The molecule has 1 N–H and O–H groups in total. The van der Waals surface area contributed by atoms with E-state index in [0.717, 1.165) is 44.8 Å². The number of rotatable bonds is 6. The number of fused-ring (bicyclic) bond motifs is 1. The molecule has 3 rings (SSSR count). The molecule has 0 unspecified atom stereocenters. The first-order valence-electron chi connectivity index (χ1n) is 7.26. The van der Waals surface area contributed by atoms with Gasteiger partial charge in [-0.1, -0.05) is 12.1 Å². The van der Waals surface area contributed by atoms with Gasteiger partial charge in [-0.05, 0) is 42.6 Å². The van der Waals surface area contributed by atoms with E-state index in [2.05, 4.69) is 41.7 Å². The first-order chi connectivity index (χ1) is 9.81. The average Bonchev–Trinajstić information content (AvgIpc) is 3.06. The second-order valence-corrected chi connectivity index (χ2v) is 5.32. The molecule has 1 aliphatic rings. The van der Waals surface area contributed by atoms with Crippen molar-refractivity contribution in [2.24, 2.45) is 0 Å². The van der Waals surface area contributed by atoms with Gasteiger partial charge in [0.1, 0.15) is 5.75 Å². The van der Waals surface area contributed by atoms with Crippen LogP contribution in [0.15, 0.2) is 30.6 Å². The molecule has 1 aromatic carbocycles. The zero-order valence-corrected chi connectivity index (χ0v) is 11.9. The van der Waals surface area contributed by atoms with Crippen LogP contribution >= 0.6 is 0 Å². The lowest BCUT2D eigenvalue weighted by Gasteiger charge is -2.06. The molecular weight excluding hydrogens is 250 g/mol. The lowest BCUT2D eigenvalue weighted by atomic mass is 10.1. The van der Waals surface area contributed by atoms with Crippen molar-refractivity contribution >= 4 is 0 Å². The summed E-state index contributed by atoms with van der Waals surface area (Å²) in [6.45, 7) is 5.77. The lowest BCUT2D eigenvalue weighted by molar-refractivity contribution is 0.357. The van der Waals surface area contributed by atoms with E-state index in [1.165, 1.54) is 16.7 Å². The number of nitrogens with one attached hydrogen (secondary N) is 1. The maximum Gasteiger partial charge on any atom is 0.122 e. The van der Waals surface area contributed by atoms with Gasteiger partial charge in [0, 0.05) is 19.2 Å². The van der Waals surface area contributed by atoms with Crippen molar-refractivity contribution in [1.29, 1.82) is 0 Å². The maximum absolute atomic E-state index is 5.52. The van der Waals surface area contributed by atoms with Crippen LogP contribution in [-0.2, 0) is 19.4 Å². The van der Waals surface area contributed by atoms with Crippen LogP contribution in [0, 0.1) is 6.92 Å². The monoisotopic (exact) mass is 271 g/mol. The molecule has 2 heterocycles. The minimum absolute atomic E-state index is 0.834. The summed E-state index contributed by atoms with van der Waals surface area (Å²) in [6, 6.07) is 6.55. The number of aromatic nitrogens is 2. The minimum atomic E-state index is 0.834. The van der Waals surface area contributed by atoms with Gasteiger partial charge < -0.3 is 10.1 Å². The van der Waals surface area contributed by atoms with E-state index < -0.39 is 0 Å². The summed E-state index contributed by atoms with van der Waals surface area (Å²) in [4.78, 5) is 0. The summed E-state index contributed by atoms with van der Waals surface area (Å²) in [5.41, 5.74) is 3.96.